The van der Waals surface area contributed by atoms with Crippen molar-refractivity contribution in [3.8, 4) is 0 Å². The van der Waals surface area contributed by atoms with Crippen molar-refractivity contribution in [2.75, 3.05) is 27.1 Å². The Morgan fingerprint density at radius 2 is 2.08 bits per heavy atom. The van der Waals surface area contributed by atoms with E-state index in [-0.39, 0.29) is 18.5 Å². The summed E-state index contributed by atoms with van der Waals surface area (Å²) in [5.74, 6) is 1.50. The third kappa shape index (κ3) is 4.95. The van der Waals surface area contributed by atoms with E-state index < -0.39 is 0 Å². The van der Waals surface area contributed by atoms with Gasteiger partial charge in [-0.15, -0.1) is 0 Å². The third-order valence-corrected chi connectivity index (χ3v) is 6.71. The Morgan fingerprint density at radius 3 is 2.72 bits per heavy atom. The van der Waals surface area contributed by atoms with Crippen molar-refractivity contribution >= 4 is 5.97 Å². The monoisotopic (exact) mass is 356 g/mol. The molecule has 1 unspecified atom stereocenters. The van der Waals surface area contributed by atoms with E-state index in [1.807, 2.05) is 0 Å². The molecule has 0 aromatic rings. The van der Waals surface area contributed by atoms with Gasteiger partial charge in [0.2, 0.25) is 0 Å². The van der Waals surface area contributed by atoms with Crippen molar-refractivity contribution in [3.63, 3.8) is 0 Å². The predicted octanol–water partition coefficient (Wildman–Crippen LogP) is 3.39. The molecule has 0 aliphatic heterocycles. The highest BCUT2D eigenvalue weighted by Gasteiger charge is 2.53. The number of esters is 1. The first-order valence-electron chi connectivity index (χ1n) is 9.77. The molecule has 0 amide bonds. The number of ether oxygens (including phenoxy) is 3. The lowest BCUT2D eigenvalue weighted by atomic mass is 9.61. The van der Waals surface area contributed by atoms with Gasteiger partial charge in [0.05, 0.1) is 12.7 Å². The summed E-state index contributed by atoms with van der Waals surface area (Å²) >= 11 is 0. The van der Waals surface area contributed by atoms with Crippen LogP contribution in [0.2, 0.25) is 0 Å². The summed E-state index contributed by atoms with van der Waals surface area (Å²) in [6.07, 6.45) is 7.26. The number of hydrogen-bond donors (Lipinski definition) is 1. The molecule has 0 spiro atoms. The highest BCUT2D eigenvalue weighted by Crippen LogP contribution is 2.58. The number of aliphatic hydroxyl groups is 1. The van der Waals surface area contributed by atoms with Crippen LogP contribution in [0.5, 0.6) is 0 Å². The minimum atomic E-state index is -0.274. The van der Waals surface area contributed by atoms with E-state index in [4.69, 9.17) is 14.2 Å². The number of rotatable bonds is 9. The molecule has 5 nitrogen and oxygen atoms in total. The first kappa shape index (κ1) is 20.7. The molecule has 146 valence electrons. The molecular weight excluding hydrogens is 320 g/mol. The van der Waals surface area contributed by atoms with Crippen molar-refractivity contribution in [1.29, 1.82) is 0 Å². The fourth-order valence-corrected chi connectivity index (χ4v) is 5.57. The Bertz CT molecular complexity index is 426. The Morgan fingerprint density at radius 1 is 1.32 bits per heavy atom. The SMILES string of the molecule is COCO[C@H]1CCC[C@@]2(C)C1CC[C@@H]2[C@H](C)C[C@H](CO)COC(C)=O. The summed E-state index contributed by atoms with van der Waals surface area (Å²) in [6, 6.07) is 0. The molecular formula is C20H36O5. The number of aliphatic hydroxyl groups excluding tert-OH is 1. The van der Waals surface area contributed by atoms with E-state index in [0.29, 0.717) is 42.7 Å². The predicted molar refractivity (Wildman–Crippen MR) is 95.9 cm³/mol. The fraction of sp³-hybridized carbons (Fsp3) is 0.950. The lowest BCUT2D eigenvalue weighted by Crippen LogP contribution is -2.43. The molecule has 2 saturated carbocycles. The molecule has 5 heteroatoms. The van der Waals surface area contributed by atoms with Crippen molar-refractivity contribution < 1.29 is 24.1 Å². The van der Waals surface area contributed by atoms with E-state index in [9.17, 15) is 9.90 Å². The van der Waals surface area contributed by atoms with Crippen LogP contribution in [0.3, 0.4) is 0 Å². The number of hydrogen-bond acceptors (Lipinski definition) is 5. The highest BCUT2D eigenvalue weighted by atomic mass is 16.7. The number of methoxy groups -OCH3 is 1. The molecule has 0 aromatic heterocycles. The van der Waals surface area contributed by atoms with Gasteiger partial charge in [0.15, 0.2) is 0 Å². The summed E-state index contributed by atoms with van der Waals surface area (Å²) in [6.45, 7) is 6.93. The van der Waals surface area contributed by atoms with Crippen LogP contribution >= 0.6 is 0 Å². The molecule has 6 atom stereocenters. The Labute approximate surface area is 152 Å². The lowest BCUT2D eigenvalue weighted by Gasteiger charge is -2.46. The second kappa shape index (κ2) is 9.33. The zero-order chi connectivity index (χ0) is 18.4. The van der Waals surface area contributed by atoms with Crippen LogP contribution in [0.4, 0.5) is 0 Å². The van der Waals surface area contributed by atoms with Crippen LogP contribution in [-0.2, 0) is 19.0 Å². The number of carbonyl (C=O) groups excluding carboxylic acids is 1. The molecule has 1 N–H and O–H groups in total. The largest absolute Gasteiger partial charge is 0.465 e. The molecule has 0 saturated heterocycles. The standard InChI is InChI=1S/C20H36O5/c1-14(10-16(11-21)12-24-15(2)22)17-7-8-18-19(25-13-23-4)6-5-9-20(17,18)3/h14,16-19,21H,5-13H2,1-4H3/t14-,16-,17-,18?,19+,20-/m1/s1. The molecule has 2 fully saturated rings. The molecule has 25 heavy (non-hydrogen) atoms. The maximum atomic E-state index is 11.0. The average Bonchev–Trinajstić information content (AvgIpc) is 2.94. The van der Waals surface area contributed by atoms with Gasteiger partial charge in [-0.3, -0.25) is 4.79 Å². The van der Waals surface area contributed by atoms with Crippen LogP contribution < -0.4 is 0 Å². The zero-order valence-corrected chi connectivity index (χ0v) is 16.3. The van der Waals surface area contributed by atoms with E-state index in [1.165, 1.54) is 32.6 Å². The summed E-state index contributed by atoms with van der Waals surface area (Å²) in [5.41, 5.74) is 0.303. The molecule has 0 radical (unpaired) electrons. The first-order valence-corrected chi connectivity index (χ1v) is 9.77. The fourth-order valence-electron chi connectivity index (χ4n) is 5.57. The molecule has 0 heterocycles. The zero-order valence-electron chi connectivity index (χ0n) is 16.3. The number of fused-ring (bicyclic) bond motifs is 1. The van der Waals surface area contributed by atoms with Crippen LogP contribution in [0.15, 0.2) is 0 Å². The first-order chi connectivity index (χ1) is 11.9. The highest BCUT2D eigenvalue weighted by molar-refractivity contribution is 5.65. The summed E-state index contributed by atoms with van der Waals surface area (Å²) < 4.78 is 16.2. The number of carbonyl (C=O) groups is 1. The average molecular weight is 357 g/mol. The van der Waals surface area contributed by atoms with E-state index in [0.717, 1.165) is 12.8 Å². The maximum Gasteiger partial charge on any atom is 0.302 e. The van der Waals surface area contributed by atoms with Gasteiger partial charge >= 0.3 is 5.97 Å². The quantitative estimate of drug-likeness (QED) is 0.507. The van der Waals surface area contributed by atoms with E-state index in [2.05, 4.69) is 13.8 Å². The van der Waals surface area contributed by atoms with Crippen molar-refractivity contribution in [2.45, 2.75) is 65.4 Å². The molecule has 2 aliphatic rings. The minimum Gasteiger partial charge on any atom is -0.465 e. The van der Waals surface area contributed by atoms with Crippen LogP contribution in [0.1, 0.15) is 59.3 Å². The maximum absolute atomic E-state index is 11.0. The van der Waals surface area contributed by atoms with Crippen molar-refractivity contribution in [2.24, 2.45) is 29.1 Å². The van der Waals surface area contributed by atoms with Gasteiger partial charge in [0, 0.05) is 26.6 Å². The normalized spacial score (nSPS) is 34.4. The van der Waals surface area contributed by atoms with Crippen molar-refractivity contribution in [3.05, 3.63) is 0 Å². The van der Waals surface area contributed by atoms with Gasteiger partial charge in [-0.2, -0.15) is 0 Å². The summed E-state index contributed by atoms with van der Waals surface area (Å²) in [4.78, 5) is 11.0. The van der Waals surface area contributed by atoms with E-state index in [1.54, 1.807) is 7.11 Å². The topological polar surface area (TPSA) is 65.0 Å². The van der Waals surface area contributed by atoms with Crippen LogP contribution in [0, 0.1) is 29.1 Å². The van der Waals surface area contributed by atoms with Gasteiger partial charge in [-0.25, -0.2) is 0 Å². The Kier molecular flexibility index (Phi) is 7.71. The Hall–Kier alpha value is -0.650. The Balaban J connectivity index is 1.98. The molecule has 0 aromatic carbocycles. The van der Waals surface area contributed by atoms with Gasteiger partial charge in [-0.05, 0) is 55.3 Å². The van der Waals surface area contributed by atoms with Gasteiger partial charge in [-0.1, -0.05) is 20.3 Å². The molecule has 0 bridgehead atoms. The van der Waals surface area contributed by atoms with Gasteiger partial charge in [0.25, 0.3) is 0 Å². The third-order valence-electron chi connectivity index (χ3n) is 6.71. The second-order valence-electron chi connectivity index (χ2n) is 8.36. The smallest absolute Gasteiger partial charge is 0.302 e. The summed E-state index contributed by atoms with van der Waals surface area (Å²) in [7, 11) is 1.68. The van der Waals surface area contributed by atoms with Gasteiger partial charge in [0.1, 0.15) is 6.79 Å². The van der Waals surface area contributed by atoms with Crippen molar-refractivity contribution in [1.82, 2.24) is 0 Å². The van der Waals surface area contributed by atoms with Crippen LogP contribution in [-0.4, -0.2) is 44.3 Å². The minimum absolute atomic E-state index is 0.0330. The second-order valence-corrected chi connectivity index (χ2v) is 8.36. The van der Waals surface area contributed by atoms with Crippen LogP contribution in [0.25, 0.3) is 0 Å². The molecule has 2 aliphatic carbocycles. The summed E-state index contributed by atoms with van der Waals surface area (Å²) in [5, 5.41) is 9.64. The molecule has 2 rings (SSSR count). The lowest BCUT2D eigenvalue weighted by molar-refractivity contribution is -0.143. The van der Waals surface area contributed by atoms with E-state index >= 15 is 0 Å². The van der Waals surface area contributed by atoms with Gasteiger partial charge < -0.3 is 19.3 Å².